The number of aryl methyl sites for hydroxylation is 2. The van der Waals surface area contributed by atoms with E-state index in [0.717, 1.165) is 41.7 Å². The summed E-state index contributed by atoms with van der Waals surface area (Å²) in [6.07, 6.45) is 0. The standard InChI is InChI=1S/C20H22N4O2S/c1-14-3-5-16(6-4-14)19-21-18(13-27-19)20(25)24-9-7-23(8-10-24)12-17-11-15(2)22-26-17/h3-6,11,13H,7-10,12H2,1-2H3. The molecule has 2 aromatic heterocycles. The number of amides is 1. The molecule has 0 saturated carbocycles. The van der Waals surface area contributed by atoms with E-state index >= 15 is 0 Å². The Morgan fingerprint density at radius 3 is 2.56 bits per heavy atom. The van der Waals surface area contributed by atoms with E-state index in [0.29, 0.717) is 18.8 Å². The number of carbonyl (C=O) groups excluding carboxylic acids is 1. The minimum atomic E-state index is 0.0137. The quantitative estimate of drug-likeness (QED) is 0.692. The second-order valence-corrected chi connectivity index (χ2v) is 7.76. The number of thiazole rings is 1. The van der Waals surface area contributed by atoms with Crippen LogP contribution in [0.5, 0.6) is 0 Å². The van der Waals surface area contributed by atoms with Crippen molar-refractivity contribution in [2.24, 2.45) is 0 Å². The molecule has 3 heterocycles. The smallest absolute Gasteiger partial charge is 0.273 e. The van der Waals surface area contributed by atoms with Crippen LogP contribution in [-0.2, 0) is 6.54 Å². The van der Waals surface area contributed by atoms with Gasteiger partial charge in [0.05, 0.1) is 12.2 Å². The third-order valence-electron chi connectivity index (χ3n) is 4.74. The molecule has 0 unspecified atom stereocenters. The first kappa shape index (κ1) is 17.9. The molecule has 3 aromatic rings. The van der Waals surface area contributed by atoms with Gasteiger partial charge in [-0.05, 0) is 13.8 Å². The SMILES string of the molecule is Cc1ccc(-c2nc(C(=O)N3CCN(Cc4cc(C)no4)CC3)cs2)cc1. The number of hydrogen-bond acceptors (Lipinski definition) is 6. The highest BCUT2D eigenvalue weighted by Gasteiger charge is 2.24. The molecule has 1 aromatic carbocycles. The number of hydrogen-bond donors (Lipinski definition) is 0. The van der Waals surface area contributed by atoms with Crippen LogP contribution in [0.4, 0.5) is 0 Å². The molecular weight excluding hydrogens is 360 g/mol. The number of rotatable bonds is 4. The molecule has 0 N–H and O–H groups in total. The van der Waals surface area contributed by atoms with Gasteiger partial charge in [-0.15, -0.1) is 11.3 Å². The van der Waals surface area contributed by atoms with Gasteiger partial charge in [-0.2, -0.15) is 0 Å². The number of aromatic nitrogens is 2. The third kappa shape index (κ3) is 4.09. The summed E-state index contributed by atoms with van der Waals surface area (Å²) in [7, 11) is 0. The van der Waals surface area contributed by atoms with E-state index in [1.54, 1.807) is 0 Å². The van der Waals surface area contributed by atoms with Gasteiger partial charge in [0.2, 0.25) is 0 Å². The molecule has 6 nitrogen and oxygen atoms in total. The van der Waals surface area contributed by atoms with Crippen LogP contribution in [0.15, 0.2) is 40.2 Å². The maximum absolute atomic E-state index is 12.8. The first-order valence-corrected chi connectivity index (χ1v) is 9.93. The summed E-state index contributed by atoms with van der Waals surface area (Å²) in [5.74, 6) is 0.884. The zero-order valence-electron chi connectivity index (χ0n) is 15.5. The van der Waals surface area contributed by atoms with Crippen molar-refractivity contribution in [2.45, 2.75) is 20.4 Å². The highest BCUT2D eigenvalue weighted by Crippen LogP contribution is 2.25. The lowest BCUT2D eigenvalue weighted by molar-refractivity contribution is 0.0612. The normalized spacial score (nSPS) is 15.3. The van der Waals surface area contributed by atoms with E-state index in [4.69, 9.17) is 4.52 Å². The summed E-state index contributed by atoms with van der Waals surface area (Å²) in [5.41, 5.74) is 3.70. The lowest BCUT2D eigenvalue weighted by atomic mass is 10.2. The molecule has 7 heteroatoms. The van der Waals surface area contributed by atoms with Crippen LogP contribution >= 0.6 is 11.3 Å². The Labute approximate surface area is 162 Å². The van der Waals surface area contributed by atoms with Crippen LogP contribution in [0.25, 0.3) is 10.6 Å². The van der Waals surface area contributed by atoms with E-state index in [1.165, 1.54) is 16.9 Å². The maximum Gasteiger partial charge on any atom is 0.273 e. The van der Waals surface area contributed by atoms with E-state index < -0.39 is 0 Å². The summed E-state index contributed by atoms with van der Waals surface area (Å²) in [6.45, 7) is 7.75. The Balaban J connectivity index is 1.36. The van der Waals surface area contributed by atoms with Crippen LogP contribution in [0.1, 0.15) is 27.5 Å². The molecule has 1 fully saturated rings. The van der Waals surface area contributed by atoms with Crippen molar-refractivity contribution in [3.63, 3.8) is 0 Å². The summed E-state index contributed by atoms with van der Waals surface area (Å²) in [5, 5.41) is 6.67. The average molecular weight is 382 g/mol. The fraction of sp³-hybridized carbons (Fsp3) is 0.350. The van der Waals surface area contributed by atoms with Crippen LogP contribution < -0.4 is 0 Å². The number of carbonyl (C=O) groups is 1. The fourth-order valence-corrected chi connectivity index (χ4v) is 3.98. The highest BCUT2D eigenvalue weighted by atomic mass is 32.1. The molecule has 1 aliphatic rings. The van der Waals surface area contributed by atoms with Crippen LogP contribution in [0, 0.1) is 13.8 Å². The predicted octanol–water partition coefficient (Wildman–Crippen LogP) is 3.37. The number of nitrogens with zero attached hydrogens (tertiary/aromatic N) is 4. The third-order valence-corrected chi connectivity index (χ3v) is 5.63. The lowest BCUT2D eigenvalue weighted by Gasteiger charge is -2.33. The van der Waals surface area contributed by atoms with Gasteiger partial charge in [0, 0.05) is 43.2 Å². The van der Waals surface area contributed by atoms with Crippen LogP contribution in [0.3, 0.4) is 0 Å². The molecule has 0 aliphatic carbocycles. The van der Waals surface area contributed by atoms with E-state index in [9.17, 15) is 4.79 Å². The Kier molecular flexibility index (Phi) is 5.05. The van der Waals surface area contributed by atoms with E-state index in [1.807, 2.05) is 35.4 Å². The predicted molar refractivity (Wildman–Crippen MR) is 105 cm³/mol. The maximum atomic E-state index is 12.8. The van der Waals surface area contributed by atoms with Crippen molar-refractivity contribution in [1.82, 2.24) is 19.9 Å². The van der Waals surface area contributed by atoms with Crippen molar-refractivity contribution >= 4 is 17.2 Å². The molecule has 27 heavy (non-hydrogen) atoms. The van der Waals surface area contributed by atoms with Gasteiger partial charge in [0.1, 0.15) is 10.7 Å². The van der Waals surface area contributed by atoms with Crippen LogP contribution in [-0.4, -0.2) is 52.0 Å². The highest BCUT2D eigenvalue weighted by molar-refractivity contribution is 7.13. The second-order valence-electron chi connectivity index (χ2n) is 6.91. The monoisotopic (exact) mass is 382 g/mol. The number of benzene rings is 1. The molecule has 1 saturated heterocycles. The van der Waals surface area contributed by atoms with E-state index in [2.05, 4.69) is 34.1 Å². The molecule has 0 spiro atoms. The van der Waals surface area contributed by atoms with Gasteiger partial charge in [0.25, 0.3) is 5.91 Å². The van der Waals surface area contributed by atoms with Gasteiger partial charge in [-0.25, -0.2) is 4.98 Å². The summed E-state index contributed by atoms with van der Waals surface area (Å²) in [6, 6.07) is 10.2. The lowest BCUT2D eigenvalue weighted by Crippen LogP contribution is -2.48. The topological polar surface area (TPSA) is 62.5 Å². The Bertz CT molecular complexity index is 924. The van der Waals surface area contributed by atoms with Crippen molar-refractivity contribution in [3.05, 3.63) is 58.4 Å². The first-order valence-electron chi connectivity index (χ1n) is 9.05. The average Bonchev–Trinajstić information content (AvgIpc) is 3.32. The largest absolute Gasteiger partial charge is 0.360 e. The first-order chi connectivity index (χ1) is 13.1. The molecule has 1 aliphatic heterocycles. The van der Waals surface area contributed by atoms with Gasteiger partial charge in [-0.1, -0.05) is 35.0 Å². The Morgan fingerprint density at radius 2 is 1.89 bits per heavy atom. The molecule has 0 atom stereocenters. The Morgan fingerprint density at radius 1 is 1.15 bits per heavy atom. The van der Waals surface area contributed by atoms with Crippen molar-refractivity contribution in [1.29, 1.82) is 0 Å². The zero-order valence-corrected chi connectivity index (χ0v) is 16.3. The molecule has 1 amide bonds. The van der Waals surface area contributed by atoms with Gasteiger partial charge in [-0.3, -0.25) is 9.69 Å². The molecule has 0 bridgehead atoms. The minimum absolute atomic E-state index is 0.0137. The molecule has 4 rings (SSSR count). The van der Waals surface area contributed by atoms with Gasteiger partial charge in [0.15, 0.2) is 5.76 Å². The molecule has 0 radical (unpaired) electrons. The fourth-order valence-electron chi connectivity index (χ4n) is 3.18. The zero-order chi connectivity index (χ0) is 18.8. The van der Waals surface area contributed by atoms with Crippen molar-refractivity contribution < 1.29 is 9.32 Å². The van der Waals surface area contributed by atoms with Gasteiger partial charge < -0.3 is 9.42 Å². The van der Waals surface area contributed by atoms with E-state index in [-0.39, 0.29) is 5.91 Å². The minimum Gasteiger partial charge on any atom is -0.360 e. The van der Waals surface area contributed by atoms with Crippen molar-refractivity contribution in [3.8, 4) is 10.6 Å². The summed E-state index contributed by atoms with van der Waals surface area (Å²) >= 11 is 1.52. The van der Waals surface area contributed by atoms with Crippen molar-refractivity contribution in [2.75, 3.05) is 26.2 Å². The van der Waals surface area contributed by atoms with Gasteiger partial charge >= 0.3 is 0 Å². The Hall–Kier alpha value is -2.51. The molecule has 140 valence electrons. The molecular formula is C20H22N4O2S. The second kappa shape index (κ2) is 7.62. The summed E-state index contributed by atoms with van der Waals surface area (Å²) < 4.78 is 5.28. The number of piperazine rings is 1. The summed E-state index contributed by atoms with van der Waals surface area (Å²) in [4.78, 5) is 21.5. The van der Waals surface area contributed by atoms with Crippen LogP contribution in [0.2, 0.25) is 0 Å².